The number of aliphatic imine (C=N–C) groups is 2. The van der Waals surface area contributed by atoms with Crippen LogP contribution in [0.1, 0.15) is 45.1 Å². The number of aromatic nitrogens is 1. The summed E-state index contributed by atoms with van der Waals surface area (Å²) in [5.41, 5.74) is 29.3. The maximum Gasteiger partial charge on any atom is 0.328 e. The Labute approximate surface area is 322 Å². The number of H-pyrrole nitrogens is 1. The molecule has 56 heavy (non-hydrogen) atoms. The lowest BCUT2D eigenvalue weighted by Crippen LogP contribution is -2.60. The van der Waals surface area contributed by atoms with Crippen LogP contribution in [-0.2, 0) is 35.2 Å². The normalized spacial score (nSPS) is 14.2. The minimum absolute atomic E-state index is 0.0550. The molecule has 0 saturated carbocycles. The zero-order valence-electron chi connectivity index (χ0n) is 31.4. The van der Waals surface area contributed by atoms with E-state index in [1.807, 2.05) is 24.3 Å². The summed E-state index contributed by atoms with van der Waals surface area (Å²) in [6.07, 6.45) is 2.07. The number of fused-ring (bicyclic) bond motifs is 1. The van der Waals surface area contributed by atoms with Crippen molar-refractivity contribution >= 4 is 58.3 Å². The van der Waals surface area contributed by atoms with E-state index in [2.05, 4.69) is 41.6 Å². The van der Waals surface area contributed by atoms with Crippen LogP contribution < -0.4 is 55.3 Å². The third kappa shape index (κ3) is 15.0. The van der Waals surface area contributed by atoms with Gasteiger partial charge in [-0.2, -0.15) is 0 Å². The highest BCUT2D eigenvalue weighted by Crippen LogP contribution is 2.19. The first-order valence-electron chi connectivity index (χ1n) is 17.9. The van der Waals surface area contributed by atoms with Gasteiger partial charge in [0.1, 0.15) is 30.2 Å². The minimum atomic E-state index is -1.66. The number of aliphatic hydroxyl groups excluding tert-OH is 2. The lowest BCUT2D eigenvalue weighted by atomic mass is 10.0. The molecule has 1 aromatic carbocycles. The van der Waals surface area contributed by atoms with Crippen LogP contribution in [0.4, 0.5) is 0 Å². The van der Waals surface area contributed by atoms with Crippen LogP contribution >= 0.6 is 0 Å². The Hall–Kier alpha value is -6.00. The minimum Gasteiger partial charge on any atom is -0.480 e. The van der Waals surface area contributed by atoms with Gasteiger partial charge < -0.3 is 75.6 Å². The third-order valence-electron chi connectivity index (χ3n) is 8.47. The zero-order chi connectivity index (χ0) is 41.9. The number of carbonyl (C=O) groups excluding carboxylic acids is 5. The molecule has 2 rings (SSSR count). The van der Waals surface area contributed by atoms with E-state index < -0.39 is 90.9 Å². The monoisotopic (exact) mass is 789 g/mol. The van der Waals surface area contributed by atoms with Gasteiger partial charge in [-0.1, -0.05) is 32.0 Å². The molecule has 0 bridgehead atoms. The average molecular weight is 790 g/mol. The summed E-state index contributed by atoms with van der Waals surface area (Å²) in [5, 5.41) is 41.8. The van der Waals surface area contributed by atoms with E-state index in [0.717, 1.165) is 16.5 Å². The molecule has 6 atom stereocenters. The second kappa shape index (κ2) is 23.0. The van der Waals surface area contributed by atoms with Crippen molar-refractivity contribution in [3.8, 4) is 0 Å². The molecule has 310 valence electrons. The van der Waals surface area contributed by atoms with Crippen molar-refractivity contribution < 1.29 is 44.1 Å². The first-order chi connectivity index (χ1) is 26.5. The number of amides is 5. The second-order valence-electron chi connectivity index (χ2n) is 13.2. The van der Waals surface area contributed by atoms with Crippen molar-refractivity contribution in [1.29, 1.82) is 0 Å². The van der Waals surface area contributed by atoms with Crippen molar-refractivity contribution in [3.05, 3.63) is 36.0 Å². The number of nitrogens with two attached hydrogens (primary N) is 5. The number of aromatic amines is 1. The molecule has 0 saturated heterocycles. The number of carboxylic acid groups (broad SMARTS) is 1. The van der Waals surface area contributed by atoms with Gasteiger partial charge in [-0.25, -0.2) is 4.79 Å². The van der Waals surface area contributed by atoms with Crippen molar-refractivity contribution in [3.63, 3.8) is 0 Å². The highest BCUT2D eigenvalue weighted by atomic mass is 16.4. The second-order valence-corrected chi connectivity index (χ2v) is 13.2. The van der Waals surface area contributed by atoms with E-state index in [9.17, 15) is 44.1 Å². The summed E-state index contributed by atoms with van der Waals surface area (Å²) in [6.45, 7) is 1.58. The molecule has 0 aliphatic heterocycles. The van der Waals surface area contributed by atoms with Crippen LogP contribution in [0.15, 0.2) is 40.4 Å². The smallest absolute Gasteiger partial charge is 0.328 e. The summed E-state index contributed by atoms with van der Waals surface area (Å²) in [5.74, 6) is -6.77. The van der Waals surface area contributed by atoms with E-state index >= 15 is 0 Å². The summed E-state index contributed by atoms with van der Waals surface area (Å²) in [4.78, 5) is 89.1. The molecule has 1 aromatic heterocycles. The molecule has 22 heteroatoms. The number of aliphatic hydroxyl groups is 2. The Morgan fingerprint density at radius 3 is 1.70 bits per heavy atom. The number of benzene rings is 1. The van der Waals surface area contributed by atoms with Gasteiger partial charge in [-0.05, 0) is 49.7 Å². The molecule has 1 heterocycles. The third-order valence-corrected chi connectivity index (χ3v) is 8.47. The van der Waals surface area contributed by atoms with Crippen molar-refractivity contribution in [2.45, 2.75) is 82.2 Å². The van der Waals surface area contributed by atoms with Crippen LogP contribution in [0.3, 0.4) is 0 Å². The highest BCUT2D eigenvalue weighted by molar-refractivity contribution is 5.96. The van der Waals surface area contributed by atoms with E-state index in [4.69, 9.17) is 28.7 Å². The number of nitrogens with one attached hydrogen (secondary N) is 6. The number of nitrogens with zero attached hydrogens (tertiary/aromatic N) is 2. The predicted octanol–water partition coefficient (Wildman–Crippen LogP) is -4.71. The summed E-state index contributed by atoms with van der Waals surface area (Å²) in [7, 11) is 0. The molecule has 0 radical (unpaired) electrons. The van der Waals surface area contributed by atoms with E-state index in [-0.39, 0.29) is 57.1 Å². The number of hydrogen-bond donors (Lipinski definition) is 14. The Bertz CT molecular complexity index is 1710. The van der Waals surface area contributed by atoms with Crippen LogP contribution in [0, 0.1) is 5.92 Å². The van der Waals surface area contributed by atoms with Crippen LogP contribution in [-0.4, -0.2) is 130 Å². The molecule has 2 aromatic rings. The maximum absolute atomic E-state index is 13.7. The summed E-state index contributed by atoms with van der Waals surface area (Å²) in [6, 6.07) is -0.827. The van der Waals surface area contributed by atoms with Crippen LogP contribution in [0.2, 0.25) is 0 Å². The molecule has 0 fully saturated rings. The van der Waals surface area contributed by atoms with Gasteiger partial charge in [0, 0.05) is 30.2 Å². The predicted molar refractivity (Wildman–Crippen MR) is 206 cm³/mol. The van der Waals surface area contributed by atoms with Crippen molar-refractivity contribution in [1.82, 2.24) is 31.6 Å². The van der Waals surface area contributed by atoms with Crippen molar-refractivity contribution in [2.24, 2.45) is 44.6 Å². The van der Waals surface area contributed by atoms with Crippen LogP contribution in [0.5, 0.6) is 0 Å². The van der Waals surface area contributed by atoms with Gasteiger partial charge in [0.05, 0.1) is 19.3 Å². The van der Waals surface area contributed by atoms with Gasteiger partial charge in [0.25, 0.3) is 0 Å². The number of guanidine groups is 2. The fraction of sp³-hybridized carbons (Fsp3) is 0.529. The Kier molecular flexibility index (Phi) is 19.0. The molecule has 19 N–H and O–H groups in total. The van der Waals surface area contributed by atoms with Gasteiger partial charge in [0.2, 0.25) is 29.5 Å². The average Bonchev–Trinajstić information content (AvgIpc) is 3.55. The van der Waals surface area contributed by atoms with Gasteiger partial charge >= 0.3 is 5.97 Å². The van der Waals surface area contributed by atoms with Crippen LogP contribution in [0.25, 0.3) is 10.9 Å². The first-order valence-corrected chi connectivity index (χ1v) is 17.9. The molecular weight excluding hydrogens is 734 g/mol. The molecular formula is C34H55N13O9. The number of carbonyl (C=O) groups is 6. The number of hydrogen-bond acceptors (Lipinski definition) is 11. The first kappa shape index (κ1) is 46.2. The number of para-hydroxylation sites is 1. The Balaban J connectivity index is 2.23. The fourth-order valence-electron chi connectivity index (χ4n) is 5.43. The molecule has 0 aliphatic rings. The number of carboxylic acids is 1. The topological polar surface area (TPSA) is 394 Å². The fourth-order valence-corrected chi connectivity index (χ4v) is 5.43. The van der Waals surface area contributed by atoms with E-state index in [1.54, 1.807) is 20.0 Å². The summed E-state index contributed by atoms with van der Waals surface area (Å²) < 4.78 is 0. The number of rotatable bonds is 24. The Morgan fingerprint density at radius 1 is 0.696 bits per heavy atom. The van der Waals surface area contributed by atoms with Crippen molar-refractivity contribution in [2.75, 3.05) is 26.3 Å². The molecule has 0 spiro atoms. The Morgan fingerprint density at radius 2 is 1.18 bits per heavy atom. The standard InChI is InChI=1S/C34H55N13O9/c1-17(2)26(31(54)44-22(9-5-11-40-33(36)37)28(51)46-25(16-49)32(55)56)47-29(52)23(10-6-12-41-34(38)39)43-30(53)24(15-48)45-27(50)20(35)13-18-14-42-21-8-4-3-7-19(18)21/h3-4,7-8,14,17,20,22-26,42,48-49H,5-6,9-13,15-16,35H2,1-2H3,(H,43,53)(H,44,54)(H,45,50)(H,46,51)(H,47,52)(H,55,56)(H4,36,37,40)(H4,38,39,41)/t20-,22-,23-,24-,25-,26-/m0/s1. The lowest BCUT2D eigenvalue weighted by molar-refractivity contribution is -0.143. The van der Waals surface area contributed by atoms with Gasteiger partial charge in [-0.3, -0.25) is 34.0 Å². The molecule has 5 amide bonds. The highest BCUT2D eigenvalue weighted by Gasteiger charge is 2.33. The van der Waals surface area contributed by atoms with Gasteiger partial charge in [-0.15, -0.1) is 0 Å². The quantitative estimate of drug-likeness (QED) is 0.0270. The van der Waals surface area contributed by atoms with Gasteiger partial charge in [0.15, 0.2) is 11.9 Å². The molecule has 0 aliphatic carbocycles. The molecule has 22 nitrogen and oxygen atoms in total. The SMILES string of the molecule is CC(C)[C@H](NC(=O)[C@H](CCCN=C(N)N)NC(=O)[C@H](CO)NC(=O)[C@@H](N)Cc1c[nH]c2ccccc12)C(=O)N[C@@H](CCCN=C(N)N)C(=O)N[C@@H](CO)C(=O)O. The molecule has 0 unspecified atom stereocenters. The van der Waals surface area contributed by atoms with E-state index in [1.165, 1.54) is 0 Å². The maximum atomic E-state index is 13.7. The number of aliphatic carboxylic acids is 1. The lowest BCUT2D eigenvalue weighted by Gasteiger charge is -2.28. The van der Waals surface area contributed by atoms with E-state index in [0.29, 0.717) is 0 Å². The summed E-state index contributed by atoms with van der Waals surface area (Å²) >= 11 is 0. The largest absolute Gasteiger partial charge is 0.480 e. The zero-order valence-corrected chi connectivity index (χ0v) is 31.4.